The van der Waals surface area contributed by atoms with Gasteiger partial charge in [0.25, 0.3) is 5.56 Å². The Hall–Kier alpha value is -1.34. The fraction of sp³-hybridized carbons (Fsp3) is 0.368. The van der Waals surface area contributed by atoms with Crippen molar-refractivity contribution in [3.05, 3.63) is 45.0 Å². The second kappa shape index (κ2) is 8.57. The van der Waals surface area contributed by atoms with Gasteiger partial charge in [0.2, 0.25) is 0 Å². The molecule has 138 valence electrons. The lowest BCUT2D eigenvalue weighted by atomic mass is 10.1. The average Bonchev–Trinajstić information content (AvgIpc) is 3.01. The largest absolute Gasteiger partial charge is 0.385 e. The minimum atomic E-state index is -0.00887. The molecule has 0 aliphatic heterocycles. The third-order valence-electron chi connectivity index (χ3n) is 3.89. The van der Waals surface area contributed by atoms with Crippen LogP contribution in [-0.4, -0.2) is 28.5 Å². The van der Waals surface area contributed by atoms with Crippen LogP contribution >= 0.6 is 34.7 Å². The topological polar surface area (TPSA) is 44.1 Å². The first kappa shape index (κ1) is 19.4. The molecule has 0 aliphatic carbocycles. The van der Waals surface area contributed by atoms with E-state index in [0.29, 0.717) is 28.8 Å². The van der Waals surface area contributed by atoms with Crippen LogP contribution < -0.4 is 5.56 Å². The van der Waals surface area contributed by atoms with Crippen LogP contribution in [0.4, 0.5) is 0 Å². The Morgan fingerprint density at radius 3 is 2.77 bits per heavy atom. The molecule has 0 fully saturated rings. The van der Waals surface area contributed by atoms with Gasteiger partial charge in [0, 0.05) is 47.0 Å². The Morgan fingerprint density at radius 2 is 2.08 bits per heavy atom. The predicted molar refractivity (Wildman–Crippen MR) is 112 cm³/mol. The van der Waals surface area contributed by atoms with E-state index in [4.69, 9.17) is 21.3 Å². The van der Waals surface area contributed by atoms with Crippen molar-refractivity contribution in [1.82, 2.24) is 9.55 Å². The van der Waals surface area contributed by atoms with Crippen molar-refractivity contribution in [3.8, 4) is 11.1 Å². The molecule has 0 saturated heterocycles. The molecule has 0 spiro atoms. The minimum Gasteiger partial charge on any atom is -0.385 e. The van der Waals surface area contributed by atoms with E-state index in [1.807, 2.05) is 29.6 Å². The number of thioether (sulfide) groups is 1. The van der Waals surface area contributed by atoms with E-state index in [0.717, 1.165) is 27.5 Å². The highest BCUT2D eigenvalue weighted by atomic mass is 35.5. The van der Waals surface area contributed by atoms with Crippen LogP contribution in [0.5, 0.6) is 0 Å². The number of aromatic nitrogens is 2. The third-order valence-corrected chi connectivity index (χ3v) is 6.09. The molecule has 0 bridgehead atoms. The second-order valence-corrected chi connectivity index (χ2v) is 8.98. The normalized spacial score (nSPS) is 11.6. The summed E-state index contributed by atoms with van der Waals surface area (Å²) in [6.45, 7) is 5.40. The highest BCUT2D eigenvalue weighted by molar-refractivity contribution is 7.99. The first-order valence-electron chi connectivity index (χ1n) is 8.45. The van der Waals surface area contributed by atoms with Crippen LogP contribution in [0.2, 0.25) is 5.02 Å². The zero-order valence-corrected chi connectivity index (χ0v) is 17.4. The van der Waals surface area contributed by atoms with Crippen molar-refractivity contribution in [2.75, 3.05) is 13.7 Å². The van der Waals surface area contributed by atoms with Crippen molar-refractivity contribution in [2.45, 2.75) is 37.2 Å². The molecule has 4 nitrogen and oxygen atoms in total. The number of hydrogen-bond acceptors (Lipinski definition) is 5. The lowest BCUT2D eigenvalue weighted by Crippen LogP contribution is -2.24. The van der Waals surface area contributed by atoms with E-state index in [9.17, 15) is 4.79 Å². The molecule has 0 amide bonds. The molecule has 0 unspecified atom stereocenters. The second-order valence-electron chi connectivity index (χ2n) is 6.17. The Kier molecular flexibility index (Phi) is 6.40. The number of rotatable bonds is 7. The summed E-state index contributed by atoms with van der Waals surface area (Å²) < 4.78 is 6.92. The average molecular weight is 409 g/mol. The van der Waals surface area contributed by atoms with E-state index in [1.165, 1.54) is 11.3 Å². The molecular weight excluding hydrogens is 388 g/mol. The molecule has 0 radical (unpaired) electrons. The van der Waals surface area contributed by atoms with Gasteiger partial charge in [-0.15, -0.1) is 11.3 Å². The van der Waals surface area contributed by atoms with E-state index in [-0.39, 0.29) is 5.56 Å². The summed E-state index contributed by atoms with van der Waals surface area (Å²) in [7, 11) is 1.67. The van der Waals surface area contributed by atoms with Gasteiger partial charge >= 0.3 is 0 Å². The summed E-state index contributed by atoms with van der Waals surface area (Å²) in [5, 5.41) is 4.37. The summed E-state index contributed by atoms with van der Waals surface area (Å²) in [6.07, 6.45) is 0.765. The maximum absolute atomic E-state index is 13.3. The Labute approximate surface area is 166 Å². The van der Waals surface area contributed by atoms with Crippen LogP contribution in [-0.2, 0) is 11.3 Å². The standard InChI is InChI=1S/C19H21ClN2O2S2/c1-12(2)26-19-21-17-16(18(23)22(19)9-6-10-24-3)14(11-25-17)13-7-4-5-8-15(13)20/h4-5,7-8,11-12H,6,9-10H2,1-3H3. The molecule has 3 aromatic rings. The van der Waals surface area contributed by atoms with Crippen LogP contribution in [0.15, 0.2) is 39.6 Å². The van der Waals surface area contributed by atoms with Gasteiger partial charge in [-0.2, -0.15) is 0 Å². The summed E-state index contributed by atoms with van der Waals surface area (Å²) in [6, 6.07) is 7.60. The van der Waals surface area contributed by atoms with Crippen molar-refractivity contribution in [2.24, 2.45) is 0 Å². The van der Waals surface area contributed by atoms with Gasteiger partial charge in [0.05, 0.1) is 5.39 Å². The van der Waals surface area contributed by atoms with Crippen LogP contribution in [0, 0.1) is 0 Å². The SMILES string of the molecule is COCCCn1c(SC(C)C)nc2scc(-c3ccccc3Cl)c2c1=O. The number of benzene rings is 1. The van der Waals surface area contributed by atoms with E-state index >= 15 is 0 Å². The molecule has 2 heterocycles. The van der Waals surface area contributed by atoms with Crippen molar-refractivity contribution >= 4 is 44.9 Å². The van der Waals surface area contributed by atoms with Crippen LogP contribution in [0.3, 0.4) is 0 Å². The van der Waals surface area contributed by atoms with Gasteiger partial charge in [-0.1, -0.05) is 55.4 Å². The van der Waals surface area contributed by atoms with E-state index in [2.05, 4.69) is 13.8 Å². The Bertz CT molecular complexity index is 966. The van der Waals surface area contributed by atoms with Gasteiger partial charge in [0.1, 0.15) is 4.83 Å². The Balaban J connectivity index is 2.18. The maximum Gasteiger partial charge on any atom is 0.263 e. The number of halogens is 1. The number of nitrogens with zero attached hydrogens (tertiary/aromatic N) is 2. The van der Waals surface area contributed by atoms with Crippen molar-refractivity contribution in [1.29, 1.82) is 0 Å². The van der Waals surface area contributed by atoms with E-state index in [1.54, 1.807) is 23.4 Å². The molecule has 2 aromatic heterocycles. The number of hydrogen-bond donors (Lipinski definition) is 0. The lowest BCUT2D eigenvalue weighted by Gasteiger charge is -2.14. The Morgan fingerprint density at radius 1 is 1.31 bits per heavy atom. The zero-order chi connectivity index (χ0) is 18.7. The summed E-state index contributed by atoms with van der Waals surface area (Å²) >= 11 is 9.47. The lowest BCUT2D eigenvalue weighted by molar-refractivity contribution is 0.189. The zero-order valence-electron chi connectivity index (χ0n) is 15.0. The number of methoxy groups -OCH3 is 1. The van der Waals surface area contributed by atoms with Gasteiger partial charge in [0.15, 0.2) is 5.16 Å². The molecule has 3 rings (SSSR count). The monoisotopic (exact) mass is 408 g/mol. The van der Waals surface area contributed by atoms with Gasteiger partial charge < -0.3 is 4.74 Å². The molecule has 0 atom stereocenters. The molecule has 0 N–H and O–H groups in total. The quantitative estimate of drug-likeness (QED) is 0.301. The van der Waals surface area contributed by atoms with Gasteiger partial charge in [-0.25, -0.2) is 4.98 Å². The van der Waals surface area contributed by atoms with E-state index < -0.39 is 0 Å². The predicted octanol–water partition coefficient (Wildman–Crippen LogP) is 5.32. The number of ether oxygens (including phenoxy) is 1. The highest BCUT2D eigenvalue weighted by Crippen LogP contribution is 2.36. The minimum absolute atomic E-state index is 0.00887. The van der Waals surface area contributed by atoms with Crippen molar-refractivity contribution in [3.63, 3.8) is 0 Å². The summed E-state index contributed by atoms with van der Waals surface area (Å²) in [4.78, 5) is 18.9. The van der Waals surface area contributed by atoms with Crippen LogP contribution in [0.1, 0.15) is 20.3 Å². The highest BCUT2D eigenvalue weighted by Gasteiger charge is 2.19. The van der Waals surface area contributed by atoms with Gasteiger partial charge in [-0.3, -0.25) is 9.36 Å². The molecule has 0 saturated carbocycles. The number of fused-ring (bicyclic) bond motifs is 1. The molecule has 26 heavy (non-hydrogen) atoms. The third kappa shape index (κ3) is 3.98. The summed E-state index contributed by atoms with van der Waals surface area (Å²) in [5.74, 6) is 0. The molecular formula is C19H21ClN2O2S2. The molecule has 1 aromatic carbocycles. The van der Waals surface area contributed by atoms with Gasteiger partial charge in [-0.05, 0) is 12.5 Å². The molecule has 0 aliphatic rings. The van der Waals surface area contributed by atoms with Crippen molar-refractivity contribution < 1.29 is 4.74 Å². The first-order valence-corrected chi connectivity index (χ1v) is 10.6. The van der Waals surface area contributed by atoms with Crippen LogP contribution in [0.25, 0.3) is 21.3 Å². The fourth-order valence-electron chi connectivity index (χ4n) is 2.75. The summed E-state index contributed by atoms with van der Waals surface area (Å²) in [5.41, 5.74) is 1.71. The molecule has 7 heteroatoms. The smallest absolute Gasteiger partial charge is 0.263 e. The first-order chi connectivity index (χ1) is 12.5. The fourth-order valence-corrected chi connectivity index (χ4v) is 4.84. The number of thiophene rings is 1. The maximum atomic E-state index is 13.3.